The maximum Gasteiger partial charge on any atom is 0.340 e. The maximum absolute atomic E-state index is 13.9. The van der Waals surface area contributed by atoms with Crippen LogP contribution in [0.25, 0.3) is 11.1 Å². The van der Waals surface area contributed by atoms with E-state index in [4.69, 9.17) is 16.3 Å². The number of pyridine rings is 1. The average Bonchev–Trinajstić information content (AvgIpc) is 3.00. The Morgan fingerprint density at radius 2 is 1.49 bits per heavy atom. The summed E-state index contributed by atoms with van der Waals surface area (Å²) in [5.41, 5.74) is 5.33. The number of nitrogens with zero attached hydrogens (tertiary/aromatic N) is 2. The van der Waals surface area contributed by atoms with Gasteiger partial charge in [-0.15, -0.1) is 0 Å². The zero-order valence-electron chi connectivity index (χ0n) is 23.4. The Balaban J connectivity index is 1.49. The van der Waals surface area contributed by atoms with E-state index in [9.17, 15) is 9.59 Å². The molecule has 1 fully saturated rings. The number of piperazine rings is 1. The molecule has 41 heavy (non-hydrogen) atoms. The summed E-state index contributed by atoms with van der Waals surface area (Å²) in [7, 11) is 0. The molecule has 0 unspecified atom stereocenters. The van der Waals surface area contributed by atoms with Crippen LogP contribution in [0, 0.1) is 13.8 Å². The molecular formula is C34H34ClN3O3. The number of ether oxygens (including phenoxy) is 1. The lowest BCUT2D eigenvalue weighted by molar-refractivity contribution is 0.0495. The van der Waals surface area contributed by atoms with E-state index < -0.39 is 5.97 Å². The lowest BCUT2D eigenvalue weighted by Gasteiger charge is -2.29. The summed E-state index contributed by atoms with van der Waals surface area (Å²) >= 11 is 6.39. The van der Waals surface area contributed by atoms with E-state index in [1.165, 1.54) is 0 Å². The molecule has 2 heterocycles. The smallest absolute Gasteiger partial charge is 0.340 e. The van der Waals surface area contributed by atoms with Gasteiger partial charge in [-0.1, -0.05) is 84.4 Å². The molecule has 1 aliphatic rings. The van der Waals surface area contributed by atoms with Crippen molar-refractivity contribution in [2.75, 3.05) is 32.8 Å². The monoisotopic (exact) mass is 567 g/mol. The number of aromatic nitrogens is 1. The fraction of sp³-hybridized carbons (Fsp3) is 0.265. The van der Waals surface area contributed by atoms with E-state index in [0.717, 1.165) is 24.2 Å². The lowest BCUT2D eigenvalue weighted by atomic mass is 9.89. The molecule has 1 saturated heterocycles. The average molecular weight is 568 g/mol. The van der Waals surface area contributed by atoms with Crippen molar-refractivity contribution in [2.24, 2.45) is 0 Å². The molecule has 210 valence electrons. The second-order valence-corrected chi connectivity index (χ2v) is 10.7. The molecule has 0 bridgehead atoms. The first-order chi connectivity index (χ1) is 19.9. The molecular weight excluding hydrogens is 534 g/mol. The molecule has 0 radical (unpaired) electrons. The lowest BCUT2D eigenvalue weighted by Crippen LogP contribution is -2.46. The van der Waals surface area contributed by atoms with Gasteiger partial charge in [-0.3, -0.25) is 9.78 Å². The summed E-state index contributed by atoms with van der Waals surface area (Å²) in [5.74, 6) is -0.576. The van der Waals surface area contributed by atoms with Gasteiger partial charge in [0.15, 0.2) is 0 Å². The molecule has 0 spiro atoms. The van der Waals surface area contributed by atoms with E-state index in [1.54, 1.807) is 19.1 Å². The van der Waals surface area contributed by atoms with E-state index in [-0.39, 0.29) is 18.4 Å². The number of hydrogen-bond donors (Lipinski definition) is 1. The van der Waals surface area contributed by atoms with Crippen molar-refractivity contribution in [3.8, 4) is 11.1 Å². The Kier molecular flexibility index (Phi) is 9.12. The van der Waals surface area contributed by atoms with Crippen LogP contribution in [0.4, 0.5) is 0 Å². The van der Waals surface area contributed by atoms with E-state index in [1.807, 2.05) is 60.4 Å². The molecule has 3 aromatic carbocycles. The summed E-state index contributed by atoms with van der Waals surface area (Å²) in [5, 5.41) is 3.80. The summed E-state index contributed by atoms with van der Waals surface area (Å²) < 4.78 is 5.95. The minimum atomic E-state index is -0.501. The van der Waals surface area contributed by atoms with Crippen LogP contribution in [0.15, 0.2) is 84.9 Å². The summed E-state index contributed by atoms with van der Waals surface area (Å²) in [4.78, 5) is 34.2. The minimum Gasteiger partial charge on any atom is -0.462 e. The van der Waals surface area contributed by atoms with E-state index in [2.05, 4.69) is 34.6 Å². The van der Waals surface area contributed by atoms with Crippen molar-refractivity contribution in [1.82, 2.24) is 15.2 Å². The molecule has 7 heteroatoms. The van der Waals surface area contributed by atoms with Crippen LogP contribution < -0.4 is 5.32 Å². The highest BCUT2D eigenvalue weighted by Crippen LogP contribution is 2.35. The van der Waals surface area contributed by atoms with Crippen LogP contribution in [0.3, 0.4) is 0 Å². The number of halogens is 1. The Morgan fingerprint density at radius 1 is 0.878 bits per heavy atom. The van der Waals surface area contributed by atoms with Crippen LogP contribution in [0.2, 0.25) is 5.02 Å². The largest absolute Gasteiger partial charge is 0.462 e. The number of hydrogen-bond acceptors (Lipinski definition) is 5. The van der Waals surface area contributed by atoms with Crippen molar-refractivity contribution < 1.29 is 14.3 Å². The van der Waals surface area contributed by atoms with Gasteiger partial charge in [0.25, 0.3) is 5.91 Å². The first-order valence-electron chi connectivity index (χ1n) is 14.0. The summed E-state index contributed by atoms with van der Waals surface area (Å²) in [6.45, 7) is 6.41. The topological polar surface area (TPSA) is 71.5 Å². The summed E-state index contributed by atoms with van der Waals surface area (Å²) in [6.07, 6.45) is 0.608. The maximum atomic E-state index is 13.9. The van der Waals surface area contributed by atoms with Crippen molar-refractivity contribution >= 4 is 23.5 Å². The van der Waals surface area contributed by atoms with Gasteiger partial charge < -0.3 is 15.0 Å². The fourth-order valence-corrected chi connectivity index (χ4v) is 5.75. The van der Waals surface area contributed by atoms with Crippen molar-refractivity contribution in [3.63, 3.8) is 0 Å². The number of benzene rings is 3. The van der Waals surface area contributed by atoms with Crippen LogP contribution >= 0.6 is 11.6 Å². The van der Waals surface area contributed by atoms with Gasteiger partial charge in [0, 0.05) is 42.7 Å². The molecule has 1 aromatic heterocycles. The van der Waals surface area contributed by atoms with E-state index >= 15 is 0 Å². The van der Waals surface area contributed by atoms with Gasteiger partial charge >= 0.3 is 5.97 Å². The number of amides is 1. The third-order valence-electron chi connectivity index (χ3n) is 7.54. The number of rotatable bonds is 8. The highest BCUT2D eigenvalue weighted by atomic mass is 35.5. The Hall–Kier alpha value is -4.00. The van der Waals surface area contributed by atoms with E-state index in [0.29, 0.717) is 58.2 Å². The number of esters is 1. The van der Waals surface area contributed by atoms with Crippen LogP contribution in [0.1, 0.15) is 55.6 Å². The van der Waals surface area contributed by atoms with Crippen LogP contribution in [0.5, 0.6) is 0 Å². The van der Waals surface area contributed by atoms with Crippen LogP contribution in [-0.2, 0) is 4.74 Å². The molecule has 0 aliphatic carbocycles. The van der Waals surface area contributed by atoms with Crippen molar-refractivity contribution in [3.05, 3.63) is 124 Å². The third kappa shape index (κ3) is 6.50. The van der Waals surface area contributed by atoms with Gasteiger partial charge in [0.1, 0.15) is 0 Å². The zero-order chi connectivity index (χ0) is 28.8. The van der Waals surface area contributed by atoms with Gasteiger partial charge in [0.05, 0.1) is 29.1 Å². The highest BCUT2D eigenvalue weighted by molar-refractivity contribution is 6.31. The molecule has 1 N–H and O–H groups in total. The second kappa shape index (κ2) is 13.1. The zero-order valence-corrected chi connectivity index (χ0v) is 24.2. The summed E-state index contributed by atoms with van der Waals surface area (Å²) in [6, 6.07) is 27.7. The van der Waals surface area contributed by atoms with Gasteiger partial charge in [-0.2, -0.15) is 0 Å². The quantitative estimate of drug-likeness (QED) is 0.248. The second-order valence-electron chi connectivity index (χ2n) is 10.3. The van der Waals surface area contributed by atoms with Crippen molar-refractivity contribution in [2.45, 2.75) is 26.2 Å². The molecule has 5 rings (SSSR count). The number of carbonyl (C=O) groups is 2. The molecule has 0 saturated carbocycles. The van der Waals surface area contributed by atoms with Crippen LogP contribution in [-0.4, -0.2) is 54.5 Å². The van der Waals surface area contributed by atoms with Gasteiger partial charge in [0.2, 0.25) is 0 Å². The molecule has 0 atom stereocenters. The Morgan fingerprint density at radius 3 is 2.10 bits per heavy atom. The highest BCUT2D eigenvalue weighted by Gasteiger charge is 2.30. The number of nitrogens with one attached hydrogen (secondary N) is 1. The number of aryl methyl sites for hydroxylation is 2. The van der Waals surface area contributed by atoms with Crippen molar-refractivity contribution in [1.29, 1.82) is 0 Å². The Bertz CT molecular complexity index is 1480. The predicted molar refractivity (Wildman–Crippen MR) is 163 cm³/mol. The molecule has 1 amide bonds. The molecule has 6 nitrogen and oxygen atoms in total. The van der Waals surface area contributed by atoms with Gasteiger partial charge in [-0.25, -0.2) is 4.79 Å². The number of carbonyl (C=O) groups excluding carboxylic acids is 2. The van der Waals surface area contributed by atoms with Gasteiger partial charge in [-0.05, 0) is 49.1 Å². The Labute approximate surface area is 246 Å². The molecule has 1 aliphatic heterocycles. The standard InChI is InChI=1S/C34H34ClN3O3/c1-23-30(33(39)38-19-17-36-18-20-38)32(27-14-9-15-28(35)22-27)31(24(2)37-23)34(40)41-21-16-29(25-10-5-3-6-11-25)26-12-7-4-8-13-26/h3-15,22,29,36H,16-21H2,1-2H3. The predicted octanol–water partition coefficient (Wildman–Crippen LogP) is 6.44. The minimum absolute atomic E-state index is 0.0692. The SMILES string of the molecule is Cc1nc(C)c(C(=O)N2CCNCC2)c(-c2cccc(Cl)c2)c1C(=O)OCCC(c1ccccc1)c1ccccc1. The first-order valence-corrected chi connectivity index (χ1v) is 14.4. The molecule has 4 aromatic rings. The fourth-order valence-electron chi connectivity index (χ4n) is 5.56. The third-order valence-corrected chi connectivity index (χ3v) is 7.77. The first kappa shape index (κ1) is 28.5. The normalized spacial score (nSPS) is 13.3.